The molecule has 7 nitrogen and oxygen atoms in total. The van der Waals surface area contributed by atoms with Crippen molar-refractivity contribution in [1.82, 2.24) is 9.55 Å². The van der Waals surface area contributed by atoms with E-state index in [0.717, 1.165) is 11.3 Å². The van der Waals surface area contributed by atoms with E-state index in [1.807, 2.05) is 73.7 Å². The third-order valence-electron chi connectivity index (χ3n) is 5.61. The summed E-state index contributed by atoms with van der Waals surface area (Å²) in [5.41, 5.74) is 2.20. The number of thioether (sulfide) groups is 1. The van der Waals surface area contributed by atoms with Gasteiger partial charge >= 0.3 is 0 Å². The molecular formula is C26H23N3O4S. The summed E-state index contributed by atoms with van der Waals surface area (Å²) in [5.74, 6) is 1.46. The lowest BCUT2D eigenvalue weighted by atomic mass is 10.2. The van der Waals surface area contributed by atoms with E-state index in [1.54, 1.807) is 15.5 Å². The van der Waals surface area contributed by atoms with Crippen LogP contribution in [-0.4, -0.2) is 34.5 Å². The Morgan fingerprint density at radius 2 is 1.79 bits per heavy atom. The van der Waals surface area contributed by atoms with E-state index < -0.39 is 0 Å². The fraction of sp³-hybridized carbons (Fsp3) is 0.192. The van der Waals surface area contributed by atoms with Gasteiger partial charge < -0.3 is 14.4 Å². The molecule has 0 fully saturated rings. The molecule has 0 aliphatic carbocycles. The van der Waals surface area contributed by atoms with Gasteiger partial charge in [0.05, 0.1) is 23.2 Å². The van der Waals surface area contributed by atoms with Gasteiger partial charge in [0.25, 0.3) is 5.56 Å². The molecule has 1 amide bonds. The first-order chi connectivity index (χ1) is 16.6. The summed E-state index contributed by atoms with van der Waals surface area (Å²) in [6.07, 6.45) is 0. The van der Waals surface area contributed by atoms with E-state index in [4.69, 9.17) is 14.5 Å². The lowest BCUT2D eigenvalue weighted by Gasteiger charge is -2.21. The number of aromatic nitrogens is 2. The number of ether oxygens (including phenoxy) is 2. The normalized spacial score (nSPS) is 12.1. The van der Waals surface area contributed by atoms with Crippen LogP contribution in [-0.2, 0) is 11.3 Å². The SMILES string of the molecule is CCN(C(=O)CSc1nc2ccccc2c(=O)n1Cc1ccc2c(c1)OCO2)c1ccccc1. The predicted molar refractivity (Wildman–Crippen MR) is 133 cm³/mol. The molecule has 0 spiro atoms. The average Bonchev–Trinajstić information content (AvgIpc) is 3.34. The zero-order chi connectivity index (χ0) is 23.5. The number of benzene rings is 3. The smallest absolute Gasteiger partial charge is 0.262 e. The van der Waals surface area contributed by atoms with Crippen LogP contribution >= 0.6 is 11.8 Å². The van der Waals surface area contributed by atoms with Crippen LogP contribution in [0.3, 0.4) is 0 Å². The minimum absolute atomic E-state index is 0.0456. The maximum atomic E-state index is 13.4. The molecule has 0 saturated heterocycles. The van der Waals surface area contributed by atoms with E-state index in [1.165, 1.54) is 11.8 Å². The summed E-state index contributed by atoms with van der Waals surface area (Å²) in [5, 5.41) is 1.04. The van der Waals surface area contributed by atoms with Gasteiger partial charge in [-0.2, -0.15) is 0 Å². The van der Waals surface area contributed by atoms with Crippen molar-refractivity contribution in [2.75, 3.05) is 24.0 Å². The second kappa shape index (κ2) is 9.61. The number of rotatable bonds is 7. The summed E-state index contributed by atoms with van der Waals surface area (Å²) < 4.78 is 12.5. The minimum atomic E-state index is -0.145. The van der Waals surface area contributed by atoms with Crippen LogP contribution in [0, 0.1) is 0 Å². The van der Waals surface area contributed by atoms with Crippen molar-refractivity contribution >= 4 is 34.3 Å². The Hall–Kier alpha value is -3.78. The van der Waals surface area contributed by atoms with Gasteiger partial charge in [-0.05, 0) is 48.9 Å². The molecular weight excluding hydrogens is 450 g/mol. The van der Waals surface area contributed by atoms with Crippen molar-refractivity contribution in [2.45, 2.75) is 18.6 Å². The summed E-state index contributed by atoms with van der Waals surface area (Å²) in [7, 11) is 0. The van der Waals surface area contributed by atoms with Gasteiger partial charge in [0, 0.05) is 12.2 Å². The highest BCUT2D eigenvalue weighted by Gasteiger charge is 2.19. The lowest BCUT2D eigenvalue weighted by molar-refractivity contribution is -0.116. The Bertz CT molecular complexity index is 1400. The number of nitrogens with zero attached hydrogens (tertiary/aromatic N) is 3. The molecule has 5 rings (SSSR count). The fourth-order valence-electron chi connectivity index (χ4n) is 3.93. The highest BCUT2D eigenvalue weighted by Crippen LogP contribution is 2.33. The van der Waals surface area contributed by atoms with Gasteiger partial charge in [-0.25, -0.2) is 4.98 Å². The second-order valence-electron chi connectivity index (χ2n) is 7.75. The van der Waals surface area contributed by atoms with Crippen LogP contribution in [0.4, 0.5) is 5.69 Å². The van der Waals surface area contributed by atoms with Crippen LogP contribution in [0.5, 0.6) is 11.5 Å². The Kier molecular flexibility index (Phi) is 6.22. The minimum Gasteiger partial charge on any atom is -0.454 e. The highest BCUT2D eigenvalue weighted by atomic mass is 32.2. The first kappa shape index (κ1) is 22.0. The maximum absolute atomic E-state index is 13.4. The number of carbonyl (C=O) groups is 1. The zero-order valence-corrected chi connectivity index (χ0v) is 19.5. The first-order valence-corrected chi connectivity index (χ1v) is 12.0. The maximum Gasteiger partial charge on any atom is 0.262 e. The summed E-state index contributed by atoms with van der Waals surface area (Å²) in [6, 6.07) is 22.4. The number of fused-ring (bicyclic) bond motifs is 2. The molecule has 0 bridgehead atoms. The van der Waals surface area contributed by atoms with E-state index >= 15 is 0 Å². The van der Waals surface area contributed by atoms with Crippen molar-refractivity contribution < 1.29 is 14.3 Å². The lowest BCUT2D eigenvalue weighted by Crippen LogP contribution is -2.32. The van der Waals surface area contributed by atoms with Crippen molar-refractivity contribution in [3.8, 4) is 11.5 Å². The van der Waals surface area contributed by atoms with E-state index in [0.29, 0.717) is 40.6 Å². The molecule has 2 heterocycles. The van der Waals surface area contributed by atoms with Crippen molar-refractivity contribution in [1.29, 1.82) is 0 Å². The van der Waals surface area contributed by atoms with Crippen LogP contribution in [0.25, 0.3) is 10.9 Å². The molecule has 1 aliphatic rings. The molecule has 1 aromatic heterocycles. The quantitative estimate of drug-likeness (QED) is 0.294. The number of para-hydroxylation sites is 2. The monoisotopic (exact) mass is 473 g/mol. The molecule has 0 saturated carbocycles. The number of anilines is 1. The van der Waals surface area contributed by atoms with Crippen LogP contribution in [0.1, 0.15) is 12.5 Å². The molecule has 0 atom stereocenters. The summed E-state index contributed by atoms with van der Waals surface area (Å²) >= 11 is 1.27. The van der Waals surface area contributed by atoms with Crippen LogP contribution in [0.15, 0.2) is 82.7 Å². The average molecular weight is 474 g/mol. The van der Waals surface area contributed by atoms with Crippen molar-refractivity contribution in [3.05, 3.63) is 88.7 Å². The Labute approximate surface area is 200 Å². The van der Waals surface area contributed by atoms with E-state index in [2.05, 4.69) is 0 Å². The third kappa shape index (κ3) is 4.36. The highest BCUT2D eigenvalue weighted by molar-refractivity contribution is 7.99. The Balaban J connectivity index is 1.46. The Morgan fingerprint density at radius 1 is 1.03 bits per heavy atom. The fourth-order valence-corrected chi connectivity index (χ4v) is 4.81. The van der Waals surface area contributed by atoms with Gasteiger partial charge in [0.15, 0.2) is 16.7 Å². The second-order valence-corrected chi connectivity index (χ2v) is 8.70. The molecule has 0 radical (unpaired) electrons. The number of hydrogen-bond acceptors (Lipinski definition) is 6. The van der Waals surface area contributed by atoms with Crippen LogP contribution in [0.2, 0.25) is 0 Å². The zero-order valence-electron chi connectivity index (χ0n) is 18.6. The van der Waals surface area contributed by atoms with Gasteiger partial charge in [-0.3, -0.25) is 14.2 Å². The van der Waals surface area contributed by atoms with Crippen molar-refractivity contribution in [3.63, 3.8) is 0 Å². The third-order valence-corrected chi connectivity index (χ3v) is 6.58. The summed E-state index contributed by atoms with van der Waals surface area (Å²) in [4.78, 5) is 32.9. The van der Waals surface area contributed by atoms with Gasteiger partial charge in [0.2, 0.25) is 12.7 Å². The van der Waals surface area contributed by atoms with Crippen molar-refractivity contribution in [2.24, 2.45) is 0 Å². The number of amides is 1. The topological polar surface area (TPSA) is 73.7 Å². The predicted octanol–water partition coefficient (Wildman–Crippen LogP) is 4.32. The molecule has 0 N–H and O–H groups in total. The molecule has 0 unspecified atom stereocenters. The van der Waals surface area contributed by atoms with Gasteiger partial charge in [-0.1, -0.05) is 48.2 Å². The molecule has 1 aliphatic heterocycles. The van der Waals surface area contributed by atoms with Gasteiger partial charge in [-0.15, -0.1) is 0 Å². The molecule has 172 valence electrons. The molecule has 8 heteroatoms. The standard InChI is InChI=1S/C26H23N3O4S/c1-2-28(19-8-4-3-5-9-19)24(30)16-34-26-27-21-11-7-6-10-20(21)25(31)29(26)15-18-12-13-22-23(14-18)33-17-32-22/h3-14H,2,15-17H2,1H3. The number of carbonyl (C=O) groups excluding carboxylic acids is 1. The van der Waals surface area contributed by atoms with E-state index in [9.17, 15) is 9.59 Å². The molecule has 4 aromatic rings. The molecule has 3 aromatic carbocycles. The van der Waals surface area contributed by atoms with Crippen LogP contribution < -0.4 is 19.9 Å². The number of hydrogen-bond donors (Lipinski definition) is 0. The molecule has 34 heavy (non-hydrogen) atoms. The largest absolute Gasteiger partial charge is 0.454 e. The van der Waals surface area contributed by atoms with E-state index in [-0.39, 0.29) is 24.0 Å². The van der Waals surface area contributed by atoms with Gasteiger partial charge in [0.1, 0.15) is 0 Å². The summed E-state index contributed by atoms with van der Waals surface area (Å²) in [6.45, 7) is 2.99. The Morgan fingerprint density at radius 3 is 2.62 bits per heavy atom. The first-order valence-electron chi connectivity index (χ1n) is 11.0.